The van der Waals surface area contributed by atoms with Crippen LogP contribution >= 0.6 is 0 Å². The Bertz CT molecular complexity index is 1390. The second-order valence-corrected chi connectivity index (χ2v) is 10.0. The molecule has 0 saturated heterocycles. The summed E-state index contributed by atoms with van der Waals surface area (Å²) in [6.45, 7) is 1.46. The van der Waals surface area contributed by atoms with E-state index in [0.717, 1.165) is 17.0 Å². The molecule has 4 rings (SSSR count). The number of hydrogen-bond donors (Lipinski definition) is 0. The molecule has 7 nitrogen and oxygen atoms in total. The molecule has 2 aromatic rings. The molecule has 2 amide bonds. The highest BCUT2D eigenvalue weighted by Gasteiger charge is 2.46. The molecular weight excluding hydrogens is 493 g/mol. The molecule has 0 spiro atoms. The van der Waals surface area contributed by atoms with Crippen LogP contribution in [0.5, 0.6) is 0 Å². The molecule has 2 aliphatic rings. The lowest BCUT2D eigenvalue weighted by atomic mass is 9.74. The minimum absolute atomic E-state index is 0.0541. The Morgan fingerprint density at radius 3 is 2.36 bits per heavy atom. The van der Waals surface area contributed by atoms with E-state index in [2.05, 4.69) is 6.07 Å². The molecule has 11 heteroatoms. The van der Waals surface area contributed by atoms with Crippen LogP contribution in [-0.2, 0) is 22.0 Å². The predicted octanol–water partition coefficient (Wildman–Crippen LogP) is 5.25. The van der Waals surface area contributed by atoms with E-state index in [1.54, 1.807) is 6.07 Å². The number of benzene rings is 2. The molecule has 0 N–H and O–H groups in total. The molecule has 1 aliphatic carbocycles. The van der Waals surface area contributed by atoms with E-state index in [1.165, 1.54) is 43.1 Å². The number of rotatable bonds is 4. The van der Waals surface area contributed by atoms with Gasteiger partial charge in [0.1, 0.15) is 0 Å². The number of likely N-dealkylation sites (N-methyl/N-ethyl adjacent to an activating group) is 1. The number of halogens is 3. The molecule has 1 unspecified atom stereocenters. The molecule has 1 heterocycles. The Morgan fingerprint density at radius 1 is 1.14 bits per heavy atom. The smallest absolute Gasteiger partial charge is 0.416 e. The minimum atomic E-state index is -4.62. The van der Waals surface area contributed by atoms with Crippen molar-refractivity contribution in [1.29, 1.82) is 10.5 Å². The summed E-state index contributed by atoms with van der Waals surface area (Å²) < 4.78 is 63.3. The number of alkyl halides is 3. The van der Waals surface area contributed by atoms with Gasteiger partial charge >= 0.3 is 12.2 Å². The van der Waals surface area contributed by atoms with E-state index < -0.39 is 39.6 Å². The van der Waals surface area contributed by atoms with Gasteiger partial charge in [-0.05, 0) is 78.7 Å². The van der Waals surface area contributed by atoms with E-state index in [-0.39, 0.29) is 22.5 Å². The third kappa shape index (κ3) is 3.94. The van der Waals surface area contributed by atoms with E-state index in [1.807, 2.05) is 6.07 Å². The first-order chi connectivity index (χ1) is 17.0. The first kappa shape index (κ1) is 25.4. The molecule has 36 heavy (non-hydrogen) atoms. The van der Waals surface area contributed by atoms with Gasteiger partial charge in [-0.3, -0.25) is 9.11 Å². The van der Waals surface area contributed by atoms with Crippen molar-refractivity contribution in [3.63, 3.8) is 0 Å². The van der Waals surface area contributed by atoms with Crippen molar-refractivity contribution >= 4 is 22.8 Å². The standard InChI is InChI=1S/C25H21F3N4O3S/c1-15-20(14-30)22(19-8-7-16(13-29)11-21(19)24(36(34)35)9-4-10-24)31(2)23(33)32(15)18-6-3-5-17(12-18)25(26,27)28/h3,5-8,11-12,22H,4,9-10H2,1-2H3,(H,34,35)/p-1/t22-/m0/s1. The number of hydrogen-bond acceptors (Lipinski definition) is 5. The van der Waals surface area contributed by atoms with Crippen LogP contribution in [0, 0.1) is 22.7 Å². The monoisotopic (exact) mass is 513 g/mol. The minimum Gasteiger partial charge on any atom is -0.772 e. The van der Waals surface area contributed by atoms with Crippen molar-refractivity contribution in [2.24, 2.45) is 0 Å². The number of amides is 2. The third-order valence-electron chi connectivity index (χ3n) is 6.88. The highest BCUT2D eigenvalue weighted by molar-refractivity contribution is 7.80. The van der Waals surface area contributed by atoms with Crippen molar-refractivity contribution in [2.45, 2.75) is 43.2 Å². The van der Waals surface area contributed by atoms with Crippen molar-refractivity contribution in [1.82, 2.24) is 4.90 Å². The molecular formula is C25H20F3N4O3S-. The Labute approximate surface area is 208 Å². The van der Waals surface area contributed by atoms with Crippen LogP contribution in [0.1, 0.15) is 54.5 Å². The van der Waals surface area contributed by atoms with Gasteiger partial charge in [0, 0.05) is 12.7 Å². The second kappa shape index (κ2) is 9.08. The van der Waals surface area contributed by atoms with Crippen LogP contribution in [-0.4, -0.2) is 26.7 Å². The molecule has 0 radical (unpaired) electrons. The van der Waals surface area contributed by atoms with Crippen molar-refractivity contribution in [3.8, 4) is 12.1 Å². The second-order valence-electron chi connectivity index (χ2n) is 8.79. The lowest BCUT2D eigenvalue weighted by molar-refractivity contribution is -0.137. The van der Waals surface area contributed by atoms with Gasteiger partial charge in [0.05, 0.1) is 45.3 Å². The molecule has 1 aliphatic heterocycles. The van der Waals surface area contributed by atoms with Crippen molar-refractivity contribution in [3.05, 3.63) is 76.0 Å². The lowest BCUT2D eigenvalue weighted by Gasteiger charge is -2.47. The zero-order chi connectivity index (χ0) is 26.4. The fraction of sp³-hybridized carbons (Fsp3) is 0.320. The molecule has 0 aromatic heterocycles. The van der Waals surface area contributed by atoms with E-state index in [9.17, 15) is 37.3 Å². The van der Waals surface area contributed by atoms with Gasteiger partial charge in [-0.25, -0.2) is 4.79 Å². The number of carbonyl (C=O) groups is 1. The van der Waals surface area contributed by atoms with Crippen LogP contribution in [0.15, 0.2) is 53.7 Å². The highest BCUT2D eigenvalue weighted by atomic mass is 32.2. The summed E-state index contributed by atoms with van der Waals surface area (Å²) >= 11 is -2.53. The normalized spacial score (nSPS) is 20.4. The van der Waals surface area contributed by atoms with Crippen LogP contribution in [0.3, 0.4) is 0 Å². The van der Waals surface area contributed by atoms with Crippen molar-refractivity contribution in [2.75, 3.05) is 11.9 Å². The van der Waals surface area contributed by atoms with Gasteiger partial charge in [-0.2, -0.15) is 23.7 Å². The number of carbonyl (C=O) groups excluding carboxylic acids is 1. The topological polar surface area (TPSA) is 111 Å². The maximum atomic E-state index is 13.5. The van der Waals surface area contributed by atoms with Crippen LogP contribution in [0.25, 0.3) is 0 Å². The van der Waals surface area contributed by atoms with Gasteiger partial charge in [0.15, 0.2) is 0 Å². The average Bonchev–Trinajstić information content (AvgIpc) is 2.80. The maximum absolute atomic E-state index is 13.5. The summed E-state index contributed by atoms with van der Waals surface area (Å²) in [4.78, 5) is 15.7. The third-order valence-corrected chi connectivity index (χ3v) is 8.15. The summed E-state index contributed by atoms with van der Waals surface area (Å²) in [7, 11) is 1.40. The fourth-order valence-corrected chi connectivity index (χ4v) is 5.82. The SMILES string of the molecule is CC1=C(C#N)[C@H](c2ccc(C#N)cc2C2(S(=O)[O-])CCC2)N(C)C(=O)N1c1cccc(C(F)(F)F)c1. The summed E-state index contributed by atoms with van der Waals surface area (Å²) in [5.74, 6) is 0. The summed E-state index contributed by atoms with van der Waals surface area (Å²) in [5.41, 5.74) is 0.176. The lowest BCUT2D eigenvalue weighted by Crippen LogP contribution is -2.48. The molecule has 1 fully saturated rings. The quantitative estimate of drug-likeness (QED) is 0.519. The Balaban J connectivity index is 1.91. The maximum Gasteiger partial charge on any atom is 0.416 e. The van der Waals surface area contributed by atoms with E-state index in [0.29, 0.717) is 30.4 Å². The Kier molecular flexibility index (Phi) is 6.41. The number of urea groups is 1. The Morgan fingerprint density at radius 2 is 1.83 bits per heavy atom. The predicted molar refractivity (Wildman–Crippen MR) is 124 cm³/mol. The summed E-state index contributed by atoms with van der Waals surface area (Å²) in [6, 6.07) is 11.1. The molecule has 2 atom stereocenters. The zero-order valence-electron chi connectivity index (χ0n) is 19.3. The van der Waals surface area contributed by atoms with Crippen molar-refractivity contribution < 1.29 is 26.7 Å². The highest BCUT2D eigenvalue weighted by Crippen LogP contribution is 2.50. The van der Waals surface area contributed by atoms with Gasteiger partial charge in [0.25, 0.3) is 0 Å². The van der Waals surface area contributed by atoms with Gasteiger partial charge in [0.2, 0.25) is 0 Å². The van der Waals surface area contributed by atoms with Crippen LogP contribution in [0.2, 0.25) is 0 Å². The number of nitrogens with zero attached hydrogens (tertiary/aromatic N) is 4. The molecule has 0 bridgehead atoms. The molecule has 1 saturated carbocycles. The molecule has 2 aromatic carbocycles. The number of allylic oxidation sites excluding steroid dienone is 1. The largest absolute Gasteiger partial charge is 0.772 e. The first-order valence-electron chi connectivity index (χ1n) is 10.9. The van der Waals surface area contributed by atoms with Crippen LogP contribution < -0.4 is 4.90 Å². The van der Waals surface area contributed by atoms with Gasteiger partial charge in [-0.1, -0.05) is 12.1 Å². The zero-order valence-corrected chi connectivity index (χ0v) is 20.1. The van der Waals surface area contributed by atoms with Gasteiger partial charge < -0.3 is 9.45 Å². The van der Waals surface area contributed by atoms with Crippen LogP contribution in [0.4, 0.5) is 23.7 Å². The van der Waals surface area contributed by atoms with E-state index >= 15 is 0 Å². The first-order valence-corrected chi connectivity index (χ1v) is 12.0. The fourth-order valence-electron chi connectivity index (χ4n) is 4.84. The van der Waals surface area contributed by atoms with E-state index in [4.69, 9.17) is 0 Å². The molecule has 186 valence electrons. The summed E-state index contributed by atoms with van der Waals surface area (Å²) in [5, 5.41) is 19.5. The Hall–Kier alpha value is -3.67. The number of anilines is 1. The number of nitriles is 2. The average molecular weight is 514 g/mol. The summed E-state index contributed by atoms with van der Waals surface area (Å²) in [6.07, 6.45) is -3.30. The van der Waals surface area contributed by atoms with Gasteiger partial charge in [-0.15, -0.1) is 0 Å².